The highest BCUT2D eigenvalue weighted by Crippen LogP contribution is 2.44. The molecule has 4 heteroatoms. The minimum Gasteiger partial charge on any atom is -0.465 e. The van der Waals surface area contributed by atoms with E-state index in [2.05, 4.69) is 22.4 Å². The second-order valence-electron chi connectivity index (χ2n) is 6.31. The Balaban J connectivity index is 1.83. The molecule has 19 heavy (non-hydrogen) atoms. The van der Waals surface area contributed by atoms with Crippen LogP contribution in [0.15, 0.2) is 18.3 Å². The first-order chi connectivity index (χ1) is 8.85. The Labute approximate surface area is 114 Å². The maximum absolute atomic E-state index is 10.7. The van der Waals surface area contributed by atoms with Crippen molar-refractivity contribution < 1.29 is 9.90 Å². The molecule has 0 spiro atoms. The van der Waals surface area contributed by atoms with Crippen molar-refractivity contribution >= 4 is 6.09 Å². The summed E-state index contributed by atoms with van der Waals surface area (Å²) < 4.78 is 0. The zero-order valence-corrected chi connectivity index (χ0v) is 11.8. The van der Waals surface area contributed by atoms with Crippen molar-refractivity contribution in [3.05, 3.63) is 29.6 Å². The second-order valence-corrected chi connectivity index (χ2v) is 6.31. The Kier molecular flexibility index (Phi) is 3.78. The van der Waals surface area contributed by atoms with Crippen LogP contribution in [0.2, 0.25) is 0 Å². The van der Waals surface area contributed by atoms with Crippen LogP contribution >= 0.6 is 0 Å². The highest BCUT2D eigenvalue weighted by Gasteiger charge is 2.35. The van der Waals surface area contributed by atoms with E-state index in [0.717, 1.165) is 19.3 Å². The summed E-state index contributed by atoms with van der Waals surface area (Å²) in [7, 11) is 0. The molecule has 0 bridgehead atoms. The van der Waals surface area contributed by atoms with Gasteiger partial charge in [0.2, 0.25) is 0 Å². The molecular formula is C15H22N2O2. The van der Waals surface area contributed by atoms with Gasteiger partial charge in [-0.2, -0.15) is 0 Å². The van der Waals surface area contributed by atoms with Crippen LogP contribution in [0, 0.1) is 12.8 Å². The largest absolute Gasteiger partial charge is 0.465 e. The Morgan fingerprint density at radius 2 is 2.16 bits per heavy atom. The summed E-state index contributed by atoms with van der Waals surface area (Å²) in [5.74, 6) is 1.14. The van der Waals surface area contributed by atoms with E-state index in [4.69, 9.17) is 5.11 Å². The molecule has 0 saturated heterocycles. The predicted octanol–water partition coefficient (Wildman–Crippen LogP) is 3.32. The van der Waals surface area contributed by atoms with Gasteiger partial charge in [0.05, 0.1) is 0 Å². The fraction of sp³-hybridized carbons (Fsp3) is 0.600. The lowest BCUT2D eigenvalue weighted by Crippen LogP contribution is -2.45. The first-order valence-corrected chi connectivity index (χ1v) is 6.79. The van der Waals surface area contributed by atoms with Crippen molar-refractivity contribution in [1.82, 2.24) is 10.3 Å². The molecule has 0 unspecified atom stereocenters. The Hall–Kier alpha value is -1.58. The van der Waals surface area contributed by atoms with Gasteiger partial charge in [0.25, 0.3) is 0 Å². The number of carbonyl (C=O) groups is 1. The molecule has 1 aliphatic rings. The van der Waals surface area contributed by atoms with E-state index in [1.54, 1.807) is 0 Å². The number of carboxylic acid groups (broad SMARTS) is 1. The van der Waals surface area contributed by atoms with Crippen LogP contribution in [-0.4, -0.2) is 21.7 Å². The molecule has 1 aromatic rings. The molecule has 1 fully saturated rings. The summed E-state index contributed by atoms with van der Waals surface area (Å²) in [6, 6.07) is 4.21. The van der Waals surface area contributed by atoms with E-state index >= 15 is 0 Å². The standard InChI is InChI=1S/C15H22N2O2/c1-10-4-5-13(16-9-10)12-6-11(7-12)8-15(2,3)17-14(18)19/h4-5,9,11-12,17H,6-8H2,1-3H3,(H,18,19). The average molecular weight is 262 g/mol. The van der Waals surface area contributed by atoms with E-state index in [0.29, 0.717) is 11.8 Å². The smallest absolute Gasteiger partial charge is 0.405 e. The van der Waals surface area contributed by atoms with Crippen LogP contribution in [0.4, 0.5) is 4.79 Å². The molecule has 1 aliphatic carbocycles. The van der Waals surface area contributed by atoms with Gasteiger partial charge in [-0.15, -0.1) is 0 Å². The molecule has 1 amide bonds. The van der Waals surface area contributed by atoms with Gasteiger partial charge in [0.15, 0.2) is 0 Å². The van der Waals surface area contributed by atoms with Crippen LogP contribution < -0.4 is 5.32 Å². The molecule has 2 N–H and O–H groups in total. The number of amides is 1. The monoisotopic (exact) mass is 262 g/mol. The summed E-state index contributed by atoms with van der Waals surface area (Å²) >= 11 is 0. The zero-order chi connectivity index (χ0) is 14.0. The first kappa shape index (κ1) is 13.8. The maximum atomic E-state index is 10.7. The summed E-state index contributed by atoms with van der Waals surface area (Å²) in [5, 5.41) is 11.4. The van der Waals surface area contributed by atoms with Gasteiger partial charge >= 0.3 is 6.09 Å². The topological polar surface area (TPSA) is 62.2 Å². The van der Waals surface area contributed by atoms with Gasteiger partial charge in [0, 0.05) is 23.3 Å². The fourth-order valence-corrected chi connectivity index (χ4v) is 2.93. The maximum Gasteiger partial charge on any atom is 0.405 e. The van der Waals surface area contributed by atoms with Crippen molar-refractivity contribution in [2.24, 2.45) is 5.92 Å². The van der Waals surface area contributed by atoms with E-state index in [9.17, 15) is 4.79 Å². The highest BCUT2D eigenvalue weighted by atomic mass is 16.4. The minimum atomic E-state index is -0.943. The lowest BCUT2D eigenvalue weighted by Gasteiger charge is -2.39. The number of hydrogen-bond donors (Lipinski definition) is 2. The fourth-order valence-electron chi connectivity index (χ4n) is 2.93. The number of nitrogens with zero attached hydrogens (tertiary/aromatic N) is 1. The van der Waals surface area contributed by atoms with E-state index in [1.165, 1.54) is 11.3 Å². The van der Waals surface area contributed by atoms with Crippen LogP contribution in [0.3, 0.4) is 0 Å². The third-order valence-corrected chi connectivity index (χ3v) is 3.83. The van der Waals surface area contributed by atoms with Crippen molar-refractivity contribution in [3.8, 4) is 0 Å². The minimum absolute atomic E-state index is 0.345. The number of nitrogens with one attached hydrogen (secondary N) is 1. The molecule has 0 radical (unpaired) electrons. The third-order valence-electron chi connectivity index (χ3n) is 3.83. The van der Waals surface area contributed by atoms with Crippen LogP contribution in [0.1, 0.15) is 50.3 Å². The van der Waals surface area contributed by atoms with Gasteiger partial charge in [-0.3, -0.25) is 4.98 Å². The van der Waals surface area contributed by atoms with Gasteiger partial charge in [-0.1, -0.05) is 6.07 Å². The van der Waals surface area contributed by atoms with Crippen molar-refractivity contribution in [2.45, 2.75) is 51.5 Å². The lowest BCUT2D eigenvalue weighted by molar-refractivity contribution is 0.158. The molecule has 0 aromatic carbocycles. The van der Waals surface area contributed by atoms with E-state index in [1.807, 2.05) is 27.0 Å². The van der Waals surface area contributed by atoms with Gasteiger partial charge < -0.3 is 10.4 Å². The quantitative estimate of drug-likeness (QED) is 0.875. The molecule has 0 atom stereocenters. The van der Waals surface area contributed by atoms with Gasteiger partial charge in [-0.05, 0) is 57.6 Å². The van der Waals surface area contributed by atoms with Crippen LogP contribution in [0.25, 0.3) is 0 Å². The molecule has 0 aliphatic heterocycles. The second kappa shape index (κ2) is 5.19. The molecule has 2 rings (SSSR count). The van der Waals surface area contributed by atoms with Crippen LogP contribution in [-0.2, 0) is 0 Å². The molecule has 1 saturated carbocycles. The number of rotatable bonds is 4. The average Bonchev–Trinajstić information content (AvgIpc) is 2.22. The molecule has 104 valence electrons. The molecule has 1 aromatic heterocycles. The lowest BCUT2D eigenvalue weighted by atomic mass is 9.68. The summed E-state index contributed by atoms with van der Waals surface area (Å²) in [6.45, 7) is 5.93. The zero-order valence-electron chi connectivity index (χ0n) is 11.8. The normalized spacial score (nSPS) is 22.7. The number of aryl methyl sites for hydroxylation is 1. The SMILES string of the molecule is Cc1ccc(C2CC(CC(C)(C)NC(=O)O)C2)nc1. The first-order valence-electron chi connectivity index (χ1n) is 6.79. The van der Waals surface area contributed by atoms with E-state index in [-0.39, 0.29) is 5.54 Å². The van der Waals surface area contributed by atoms with Crippen molar-refractivity contribution in [2.75, 3.05) is 0 Å². The molecular weight excluding hydrogens is 240 g/mol. The number of hydrogen-bond acceptors (Lipinski definition) is 2. The Morgan fingerprint density at radius 1 is 1.47 bits per heavy atom. The summed E-state index contributed by atoms with van der Waals surface area (Å²) in [6.07, 6.45) is 4.09. The number of aromatic nitrogens is 1. The van der Waals surface area contributed by atoms with Crippen LogP contribution in [0.5, 0.6) is 0 Å². The predicted molar refractivity (Wildman–Crippen MR) is 74.3 cm³/mol. The number of pyridine rings is 1. The molecule has 1 heterocycles. The highest BCUT2D eigenvalue weighted by molar-refractivity contribution is 5.65. The molecule has 4 nitrogen and oxygen atoms in total. The van der Waals surface area contributed by atoms with E-state index < -0.39 is 6.09 Å². The van der Waals surface area contributed by atoms with Crippen molar-refractivity contribution in [1.29, 1.82) is 0 Å². The van der Waals surface area contributed by atoms with Gasteiger partial charge in [0.1, 0.15) is 0 Å². The third kappa shape index (κ3) is 3.69. The Morgan fingerprint density at radius 3 is 2.68 bits per heavy atom. The summed E-state index contributed by atoms with van der Waals surface area (Å²) in [5.41, 5.74) is 2.01. The van der Waals surface area contributed by atoms with Crippen molar-refractivity contribution in [3.63, 3.8) is 0 Å². The van der Waals surface area contributed by atoms with Gasteiger partial charge in [-0.25, -0.2) is 4.79 Å². The Bertz CT molecular complexity index is 448. The summed E-state index contributed by atoms with van der Waals surface area (Å²) in [4.78, 5) is 15.2.